The van der Waals surface area contributed by atoms with Crippen LogP contribution in [0.4, 0.5) is 4.79 Å². The van der Waals surface area contributed by atoms with Gasteiger partial charge in [-0.3, -0.25) is 4.79 Å². The van der Waals surface area contributed by atoms with Crippen LogP contribution in [0.15, 0.2) is 0 Å². The average molecular weight is 269 g/mol. The van der Waals surface area contributed by atoms with Crippen LogP contribution < -0.4 is 5.32 Å². The SMILES string of the molecule is CC(C)OCC(=O)N1CCC(N2CCNC2=O)CC1. The molecule has 108 valence electrons. The zero-order valence-electron chi connectivity index (χ0n) is 11.7. The maximum absolute atomic E-state index is 11.9. The summed E-state index contributed by atoms with van der Waals surface area (Å²) in [4.78, 5) is 27.2. The fourth-order valence-electron chi connectivity index (χ4n) is 2.59. The zero-order valence-corrected chi connectivity index (χ0v) is 11.7. The Morgan fingerprint density at radius 1 is 1.37 bits per heavy atom. The third-order valence-corrected chi connectivity index (χ3v) is 3.69. The third-order valence-electron chi connectivity index (χ3n) is 3.69. The smallest absolute Gasteiger partial charge is 0.317 e. The first-order chi connectivity index (χ1) is 9.08. The Hall–Kier alpha value is -1.30. The molecule has 6 nitrogen and oxygen atoms in total. The van der Waals surface area contributed by atoms with E-state index >= 15 is 0 Å². The normalized spacial score (nSPS) is 21.1. The van der Waals surface area contributed by atoms with Crippen molar-refractivity contribution >= 4 is 11.9 Å². The predicted octanol–water partition coefficient (Wildman–Crippen LogP) is 0.428. The molecule has 2 saturated heterocycles. The largest absolute Gasteiger partial charge is 0.369 e. The quantitative estimate of drug-likeness (QED) is 0.805. The van der Waals surface area contributed by atoms with Gasteiger partial charge in [-0.1, -0.05) is 0 Å². The van der Waals surface area contributed by atoms with E-state index < -0.39 is 0 Å². The lowest BCUT2D eigenvalue weighted by atomic mass is 10.0. The molecule has 2 fully saturated rings. The minimum absolute atomic E-state index is 0.0351. The fraction of sp³-hybridized carbons (Fsp3) is 0.846. The Morgan fingerprint density at radius 3 is 2.58 bits per heavy atom. The lowest BCUT2D eigenvalue weighted by molar-refractivity contribution is -0.139. The predicted molar refractivity (Wildman–Crippen MR) is 70.8 cm³/mol. The van der Waals surface area contributed by atoms with Gasteiger partial charge in [-0.15, -0.1) is 0 Å². The van der Waals surface area contributed by atoms with Crippen molar-refractivity contribution in [3.63, 3.8) is 0 Å². The first kappa shape index (κ1) is 14.1. The summed E-state index contributed by atoms with van der Waals surface area (Å²) in [6, 6.07) is 0.311. The van der Waals surface area contributed by atoms with E-state index in [0.29, 0.717) is 13.1 Å². The second-order valence-electron chi connectivity index (χ2n) is 5.40. The van der Waals surface area contributed by atoms with Crippen LogP contribution >= 0.6 is 0 Å². The summed E-state index contributed by atoms with van der Waals surface area (Å²) >= 11 is 0. The Morgan fingerprint density at radius 2 is 2.05 bits per heavy atom. The van der Waals surface area contributed by atoms with Gasteiger partial charge in [0, 0.05) is 32.2 Å². The van der Waals surface area contributed by atoms with E-state index in [0.717, 1.165) is 25.9 Å². The molecule has 0 aromatic heterocycles. The molecule has 2 heterocycles. The van der Waals surface area contributed by atoms with Gasteiger partial charge in [-0.2, -0.15) is 0 Å². The summed E-state index contributed by atoms with van der Waals surface area (Å²) in [5, 5.41) is 2.82. The van der Waals surface area contributed by atoms with Crippen molar-refractivity contribution in [2.24, 2.45) is 0 Å². The van der Waals surface area contributed by atoms with E-state index in [1.165, 1.54) is 0 Å². The molecule has 0 atom stereocenters. The minimum atomic E-state index is 0.0351. The second kappa shape index (κ2) is 6.23. The van der Waals surface area contributed by atoms with Crippen molar-refractivity contribution in [2.45, 2.75) is 38.8 Å². The molecule has 0 radical (unpaired) electrons. The maximum Gasteiger partial charge on any atom is 0.317 e. The molecule has 0 aromatic carbocycles. The summed E-state index contributed by atoms with van der Waals surface area (Å²) in [6.07, 6.45) is 1.80. The standard InChI is InChI=1S/C13H23N3O3/c1-10(2)19-9-12(17)15-6-3-11(4-7-15)16-8-5-14-13(16)18/h10-11H,3-9H2,1-2H3,(H,14,18). The van der Waals surface area contributed by atoms with Crippen molar-refractivity contribution < 1.29 is 14.3 Å². The molecule has 0 spiro atoms. The number of carbonyl (C=O) groups excluding carboxylic acids is 2. The number of hydrogen-bond acceptors (Lipinski definition) is 3. The molecule has 3 amide bonds. The van der Waals surface area contributed by atoms with Gasteiger partial charge in [0.25, 0.3) is 0 Å². The number of urea groups is 1. The zero-order chi connectivity index (χ0) is 13.8. The summed E-state index contributed by atoms with van der Waals surface area (Å²) in [6.45, 7) is 6.96. The van der Waals surface area contributed by atoms with Gasteiger partial charge in [-0.05, 0) is 26.7 Å². The van der Waals surface area contributed by atoms with Crippen molar-refractivity contribution in [1.82, 2.24) is 15.1 Å². The molecular weight excluding hydrogens is 246 g/mol. The third kappa shape index (κ3) is 3.59. The Kier molecular flexibility index (Phi) is 4.63. The highest BCUT2D eigenvalue weighted by Gasteiger charge is 2.31. The van der Waals surface area contributed by atoms with Crippen molar-refractivity contribution in [3.05, 3.63) is 0 Å². The van der Waals surface area contributed by atoms with Crippen LogP contribution in [-0.4, -0.2) is 66.7 Å². The molecule has 2 aliphatic heterocycles. The molecule has 6 heteroatoms. The van der Waals surface area contributed by atoms with E-state index in [9.17, 15) is 9.59 Å². The van der Waals surface area contributed by atoms with Crippen molar-refractivity contribution in [1.29, 1.82) is 0 Å². The van der Waals surface area contributed by atoms with Crippen LogP contribution in [0, 0.1) is 0 Å². The van der Waals surface area contributed by atoms with E-state index in [1.54, 1.807) is 0 Å². The van der Waals surface area contributed by atoms with Crippen LogP contribution in [0.2, 0.25) is 0 Å². The Balaban J connectivity index is 1.75. The van der Waals surface area contributed by atoms with Crippen molar-refractivity contribution in [2.75, 3.05) is 32.8 Å². The molecule has 0 aliphatic carbocycles. The molecule has 0 unspecified atom stereocenters. The molecule has 0 bridgehead atoms. The highest BCUT2D eigenvalue weighted by molar-refractivity contribution is 5.78. The molecule has 19 heavy (non-hydrogen) atoms. The van der Waals surface area contributed by atoms with Gasteiger partial charge in [0.15, 0.2) is 0 Å². The molecule has 0 aromatic rings. The number of nitrogens with one attached hydrogen (secondary N) is 1. The van der Waals surface area contributed by atoms with Crippen LogP contribution in [-0.2, 0) is 9.53 Å². The van der Waals surface area contributed by atoms with E-state index in [-0.39, 0.29) is 30.7 Å². The molecule has 0 saturated carbocycles. The maximum atomic E-state index is 11.9. The van der Waals surface area contributed by atoms with Crippen molar-refractivity contribution in [3.8, 4) is 0 Å². The van der Waals surface area contributed by atoms with E-state index in [2.05, 4.69) is 5.32 Å². The summed E-state index contributed by atoms with van der Waals surface area (Å²) in [5.74, 6) is 0.0537. The van der Waals surface area contributed by atoms with Crippen LogP contribution in [0.3, 0.4) is 0 Å². The number of piperidine rings is 1. The van der Waals surface area contributed by atoms with Gasteiger partial charge < -0.3 is 19.9 Å². The Bertz CT molecular complexity index is 338. The average Bonchev–Trinajstić information content (AvgIpc) is 2.82. The first-order valence-electron chi connectivity index (χ1n) is 7.02. The van der Waals surface area contributed by atoms with Gasteiger partial charge in [-0.25, -0.2) is 4.79 Å². The van der Waals surface area contributed by atoms with Gasteiger partial charge in [0.05, 0.1) is 6.10 Å². The summed E-state index contributed by atoms with van der Waals surface area (Å²) in [7, 11) is 0. The minimum Gasteiger partial charge on any atom is -0.369 e. The summed E-state index contributed by atoms with van der Waals surface area (Å²) in [5.41, 5.74) is 0. The number of nitrogens with zero attached hydrogens (tertiary/aromatic N) is 2. The molecule has 1 N–H and O–H groups in total. The van der Waals surface area contributed by atoms with Gasteiger partial charge in [0.2, 0.25) is 5.91 Å². The lowest BCUT2D eigenvalue weighted by Crippen LogP contribution is -2.48. The second-order valence-corrected chi connectivity index (χ2v) is 5.40. The van der Waals surface area contributed by atoms with E-state index in [1.807, 2.05) is 23.6 Å². The molecular formula is C13H23N3O3. The topological polar surface area (TPSA) is 61.9 Å². The fourth-order valence-corrected chi connectivity index (χ4v) is 2.59. The molecule has 2 rings (SSSR count). The number of ether oxygens (including phenoxy) is 1. The van der Waals surface area contributed by atoms with Gasteiger partial charge >= 0.3 is 6.03 Å². The number of rotatable bonds is 4. The highest BCUT2D eigenvalue weighted by Crippen LogP contribution is 2.18. The Labute approximate surface area is 114 Å². The van der Waals surface area contributed by atoms with Crippen LogP contribution in [0.5, 0.6) is 0 Å². The number of likely N-dealkylation sites (tertiary alicyclic amines) is 1. The number of hydrogen-bond donors (Lipinski definition) is 1. The monoisotopic (exact) mass is 269 g/mol. The van der Waals surface area contributed by atoms with E-state index in [4.69, 9.17) is 4.74 Å². The number of amides is 3. The van der Waals surface area contributed by atoms with Crippen LogP contribution in [0.25, 0.3) is 0 Å². The molecule has 2 aliphatic rings. The van der Waals surface area contributed by atoms with Gasteiger partial charge in [0.1, 0.15) is 6.61 Å². The first-order valence-corrected chi connectivity index (χ1v) is 7.02. The number of carbonyl (C=O) groups is 2. The summed E-state index contributed by atoms with van der Waals surface area (Å²) < 4.78 is 5.33. The highest BCUT2D eigenvalue weighted by atomic mass is 16.5. The lowest BCUT2D eigenvalue weighted by Gasteiger charge is -2.36. The van der Waals surface area contributed by atoms with Crippen LogP contribution in [0.1, 0.15) is 26.7 Å².